The number of hydrogen-bond acceptors (Lipinski definition) is 6. The maximum Gasteiger partial charge on any atom is 0.254 e. The summed E-state index contributed by atoms with van der Waals surface area (Å²) in [6.45, 7) is 6.48. The second kappa shape index (κ2) is 8.23. The van der Waals surface area contributed by atoms with Crippen LogP contribution in [0.2, 0.25) is 0 Å². The highest BCUT2D eigenvalue weighted by Crippen LogP contribution is 2.24. The number of methoxy groups -OCH3 is 1. The average molecular weight is 399 g/mol. The number of carbonyl (C=O) groups excluding carboxylic acids is 1. The zero-order chi connectivity index (χ0) is 20.4. The molecular formula is C21H26FN5O2. The number of ether oxygens (including phenoxy) is 1. The minimum Gasteiger partial charge on any atom is -0.494 e. The summed E-state index contributed by atoms with van der Waals surface area (Å²) in [6.07, 6.45) is 2.40. The summed E-state index contributed by atoms with van der Waals surface area (Å²) in [5.41, 5.74) is 0.339. The summed E-state index contributed by atoms with van der Waals surface area (Å²) >= 11 is 0. The Morgan fingerprint density at radius 2 is 1.59 bits per heavy atom. The second-order valence-electron chi connectivity index (χ2n) is 7.45. The maximum absolute atomic E-state index is 13.9. The van der Waals surface area contributed by atoms with Gasteiger partial charge in [-0.25, -0.2) is 14.4 Å². The Morgan fingerprint density at radius 1 is 0.966 bits per heavy atom. The second-order valence-corrected chi connectivity index (χ2v) is 7.45. The molecule has 0 N–H and O–H groups in total. The number of rotatable bonds is 4. The SMILES string of the molecule is COc1ccc(C(=O)N2CCN(c3cc(N4CCCC4)nc(C)n3)CC2)cc1F. The van der Waals surface area contributed by atoms with Gasteiger partial charge in [-0.1, -0.05) is 0 Å². The molecule has 0 spiro atoms. The van der Waals surface area contributed by atoms with E-state index in [0.29, 0.717) is 31.7 Å². The molecule has 154 valence electrons. The third-order valence-electron chi connectivity index (χ3n) is 5.53. The van der Waals surface area contributed by atoms with Gasteiger partial charge in [-0.2, -0.15) is 0 Å². The highest BCUT2D eigenvalue weighted by atomic mass is 19.1. The van der Waals surface area contributed by atoms with Crippen LogP contribution in [-0.2, 0) is 0 Å². The Kier molecular flexibility index (Phi) is 5.51. The van der Waals surface area contributed by atoms with Crippen molar-refractivity contribution in [3.63, 3.8) is 0 Å². The maximum atomic E-state index is 13.9. The standard InChI is InChI=1S/C21H26FN5O2/c1-15-23-19(25-7-3-4-8-25)14-20(24-15)26-9-11-27(12-10-26)21(28)16-5-6-18(29-2)17(22)13-16/h5-6,13-14H,3-4,7-12H2,1-2H3. The molecule has 0 saturated carbocycles. The fraction of sp³-hybridized carbons (Fsp3) is 0.476. The summed E-state index contributed by atoms with van der Waals surface area (Å²) in [5.74, 6) is 2.10. The molecule has 1 aromatic carbocycles. The molecule has 8 heteroatoms. The molecule has 4 rings (SSSR count). The lowest BCUT2D eigenvalue weighted by Gasteiger charge is -2.35. The molecule has 1 amide bonds. The predicted molar refractivity (Wildman–Crippen MR) is 109 cm³/mol. The van der Waals surface area contributed by atoms with E-state index in [2.05, 4.69) is 25.8 Å². The molecule has 1 aromatic heterocycles. The third-order valence-corrected chi connectivity index (χ3v) is 5.53. The Balaban J connectivity index is 1.43. The van der Waals surface area contributed by atoms with Crippen LogP contribution >= 0.6 is 0 Å². The number of amides is 1. The quantitative estimate of drug-likeness (QED) is 0.787. The normalized spacial score (nSPS) is 17.0. The first-order chi connectivity index (χ1) is 14.0. The molecule has 0 bridgehead atoms. The van der Waals surface area contributed by atoms with Gasteiger partial charge in [-0.15, -0.1) is 0 Å². The number of anilines is 2. The van der Waals surface area contributed by atoms with Crippen molar-refractivity contribution in [2.24, 2.45) is 0 Å². The van der Waals surface area contributed by atoms with Gasteiger partial charge in [0.15, 0.2) is 11.6 Å². The molecule has 3 heterocycles. The van der Waals surface area contributed by atoms with Crippen molar-refractivity contribution in [3.8, 4) is 5.75 Å². The van der Waals surface area contributed by atoms with Gasteiger partial charge in [0.2, 0.25) is 0 Å². The summed E-state index contributed by atoms with van der Waals surface area (Å²) in [7, 11) is 1.41. The van der Waals surface area contributed by atoms with Crippen molar-refractivity contribution in [1.82, 2.24) is 14.9 Å². The van der Waals surface area contributed by atoms with Crippen LogP contribution in [0.4, 0.5) is 16.0 Å². The molecule has 2 fully saturated rings. The van der Waals surface area contributed by atoms with Crippen LogP contribution in [0, 0.1) is 12.7 Å². The molecule has 0 aliphatic carbocycles. The van der Waals surface area contributed by atoms with E-state index in [9.17, 15) is 9.18 Å². The number of nitrogens with zero attached hydrogens (tertiary/aromatic N) is 5. The number of benzene rings is 1. The molecule has 2 saturated heterocycles. The van der Waals surface area contributed by atoms with Crippen molar-refractivity contribution in [3.05, 3.63) is 41.5 Å². The van der Waals surface area contributed by atoms with E-state index in [4.69, 9.17) is 4.74 Å². The van der Waals surface area contributed by atoms with Gasteiger partial charge in [0.05, 0.1) is 7.11 Å². The highest BCUT2D eigenvalue weighted by Gasteiger charge is 2.25. The Morgan fingerprint density at radius 3 is 2.17 bits per heavy atom. The van der Waals surface area contributed by atoms with Crippen molar-refractivity contribution < 1.29 is 13.9 Å². The van der Waals surface area contributed by atoms with Crippen LogP contribution in [-0.4, -0.2) is 67.2 Å². The number of halogens is 1. The fourth-order valence-electron chi connectivity index (χ4n) is 3.93. The van der Waals surface area contributed by atoms with E-state index in [1.807, 2.05) is 6.92 Å². The van der Waals surface area contributed by atoms with Crippen molar-refractivity contribution in [1.29, 1.82) is 0 Å². The van der Waals surface area contributed by atoms with Crippen LogP contribution in [0.15, 0.2) is 24.3 Å². The first kappa shape index (κ1) is 19.4. The highest BCUT2D eigenvalue weighted by molar-refractivity contribution is 5.94. The van der Waals surface area contributed by atoms with Gasteiger partial charge in [0, 0.05) is 50.9 Å². The van der Waals surface area contributed by atoms with E-state index in [0.717, 1.165) is 30.5 Å². The van der Waals surface area contributed by atoms with Gasteiger partial charge in [-0.05, 0) is 38.0 Å². The fourth-order valence-corrected chi connectivity index (χ4v) is 3.93. The molecule has 7 nitrogen and oxygen atoms in total. The van der Waals surface area contributed by atoms with E-state index >= 15 is 0 Å². The average Bonchev–Trinajstić information content (AvgIpc) is 3.28. The number of hydrogen-bond donors (Lipinski definition) is 0. The number of aryl methyl sites for hydroxylation is 1. The minimum absolute atomic E-state index is 0.138. The van der Waals surface area contributed by atoms with Gasteiger partial charge >= 0.3 is 0 Å². The zero-order valence-electron chi connectivity index (χ0n) is 16.9. The van der Waals surface area contributed by atoms with Crippen LogP contribution in [0.1, 0.15) is 29.0 Å². The molecular weight excluding hydrogens is 373 g/mol. The number of carbonyl (C=O) groups is 1. The first-order valence-corrected chi connectivity index (χ1v) is 10.0. The summed E-state index contributed by atoms with van der Waals surface area (Å²) in [4.78, 5) is 28.2. The van der Waals surface area contributed by atoms with Gasteiger partial charge < -0.3 is 19.4 Å². The summed E-state index contributed by atoms with van der Waals surface area (Å²) in [6, 6.07) is 6.38. The molecule has 29 heavy (non-hydrogen) atoms. The number of piperazine rings is 1. The van der Waals surface area contributed by atoms with E-state index in [-0.39, 0.29) is 11.7 Å². The largest absolute Gasteiger partial charge is 0.494 e. The van der Waals surface area contributed by atoms with Gasteiger partial charge in [0.25, 0.3) is 5.91 Å². The van der Waals surface area contributed by atoms with Crippen molar-refractivity contribution in [2.75, 3.05) is 56.2 Å². The first-order valence-electron chi connectivity index (χ1n) is 10.0. The van der Waals surface area contributed by atoms with Gasteiger partial charge in [-0.3, -0.25) is 4.79 Å². The van der Waals surface area contributed by atoms with Gasteiger partial charge in [0.1, 0.15) is 17.5 Å². The van der Waals surface area contributed by atoms with E-state index in [1.54, 1.807) is 11.0 Å². The Hall–Kier alpha value is -2.90. The molecule has 2 aliphatic heterocycles. The lowest BCUT2D eigenvalue weighted by atomic mass is 10.1. The lowest BCUT2D eigenvalue weighted by molar-refractivity contribution is 0.0746. The van der Waals surface area contributed by atoms with Crippen LogP contribution in [0.25, 0.3) is 0 Å². The smallest absolute Gasteiger partial charge is 0.254 e. The topological polar surface area (TPSA) is 61.8 Å². The van der Waals surface area contributed by atoms with Crippen LogP contribution < -0.4 is 14.5 Å². The van der Waals surface area contributed by atoms with E-state index < -0.39 is 5.82 Å². The molecule has 0 atom stereocenters. The van der Waals surface area contributed by atoms with Crippen LogP contribution in [0.5, 0.6) is 5.75 Å². The monoisotopic (exact) mass is 399 g/mol. The van der Waals surface area contributed by atoms with Crippen molar-refractivity contribution >= 4 is 17.5 Å². The van der Waals surface area contributed by atoms with Crippen LogP contribution in [0.3, 0.4) is 0 Å². The molecule has 0 unspecified atom stereocenters. The molecule has 0 radical (unpaired) electrons. The van der Waals surface area contributed by atoms with Crippen molar-refractivity contribution in [2.45, 2.75) is 19.8 Å². The Labute approximate surface area is 170 Å². The lowest BCUT2D eigenvalue weighted by Crippen LogP contribution is -2.49. The van der Waals surface area contributed by atoms with E-state index in [1.165, 1.54) is 32.1 Å². The third kappa shape index (κ3) is 4.11. The molecule has 2 aliphatic rings. The summed E-state index contributed by atoms with van der Waals surface area (Å²) in [5, 5.41) is 0. The molecule has 2 aromatic rings. The predicted octanol–water partition coefficient (Wildman–Crippen LogP) is 2.50. The summed E-state index contributed by atoms with van der Waals surface area (Å²) < 4.78 is 18.9. The minimum atomic E-state index is -0.525. The number of aromatic nitrogens is 2. The zero-order valence-corrected chi connectivity index (χ0v) is 16.9. The Bertz CT molecular complexity index is 893.